The summed E-state index contributed by atoms with van der Waals surface area (Å²) < 4.78 is 0. The van der Waals surface area contributed by atoms with Crippen molar-refractivity contribution in [1.82, 2.24) is 9.97 Å². The first-order valence-electron chi connectivity index (χ1n) is 6.89. The van der Waals surface area contributed by atoms with Crippen LogP contribution in [-0.2, 0) is 0 Å². The number of nitrogens with zero attached hydrogens (tertiary/aromatic N) is 2. The van der Waals surface area contributed by atoms with Crippen LogP contribution in [0.5, 0.6) is 5.75 Å². The molecule has 0 saturated carbocycles. The first-order valence-corrected chi connectivity index (χ1v) is 7.27. The van der Waals surface area contributed by atoms with Gasteiger partial charge in [-0.15, -0.1) is 0 Å². The van der Waals surface area contributed by atoms with E-state index in [0.29, 0.717) is 40.8 Å². The standard InChI is InChI=1S/C16H15ClN4O/c17-11-5-3-6-12-14(11)16(19-9-8-18)21-15(20-12)10-4-1-2-7-13(10)22/h1-7,22H,8-9,18H2,(H,19,20,21). The lowest BCUT2D eigenvalue weighted by Crippen LogP contribution is -2.14. The SMILES string of the molecule is NCCNc1nc(-c2ccccc2O)nc2cccc(Cl)c12. The predicted molar refractivity (Wildman–Crippen MR) is 89.2 cm³/mol. The Morgan fingerprint density at radius 2 is 1.91 bits per heavy atom. The lowest BCUT2D eigenvalue weighted by Gasteiger charge is -2.12. The average Bonchev–Trinajstić information content (AvgIpc) is 2.53. The molecule has 0 spiro atoms. The molecule has 5 nitrogen and oxygen atoms in total. The van der Waals surface area contributed by atoms with E-state index in [0.717, 1.165) is 5.39 Å². The number of para-hydroxylation sites is 1. The van der Waals surface area contributed by atoms with Crippen LogP contribution in [0.2, 0.25) is 5.02 Å². The summed E-state index contributed by atoms with van der Waals surface area (Å²) >= 11 is 6.27. The number of fused-ring (bicyclic) bond motifs is 1. The molecule has 0 aliphatic carbocycles. The van der Waals surface area contributed by atoms with Crippen molar-refractivity contribution in [3.63, 3.8) is 0 Å². The maximum Gasteiger partial charge on any atom is 0.165 e. The number of nitrogens with two attached hydrogens (primary N) is 1. The normalized spacial score (nSPS) is 10.8. The minimum absolute atomic E-state index is 0.133. The van der Waals surface area contributed by atoms with Gasteiger partial charge in [-0.1, -0.05) is 29.8 Å². The predicted octanol–water partition coefficient (Wildman–Crippen LogP) is 3.03. The van der Waals surface area contributed by atoms with Gasteiger partial charge in [-0.2, -0.15) is 0 Å². The molecule has 112 valence electrons. The van der Waals surface area contributed by atoms with Gasteiger partial charge in [0.15, 0.2) is 5.82 Å². The van der Waals surface area contributed by atoms with Crippen molar-refractivity contribution in [3.05, 3.63) is 47.5 Å². The Bertz CT molecular complexity index is 822. The fourth-order valence-corrected chi connectivity index (χ4v) is 2.50. The van der Waals surface area contributed by atoms with Crippen LogP contribution in [-0.4, -0.2) is 28.2 Å². The summed E-state index contributed by atoms with van der Waals surface area (Å²) in [6.07, 6.45) is 0. The van der Waals surface area contributed by atoms with E-state index >= 15 is 0 Å². The number of anilines is 1. The summed E-state index contributed by atoms with van der Waals surface area (Å²) in [5.74, 6) is 1.18. The van der Waals surface area contributed by atoms with Crippen molar-refractivity contribution in [3.8, 4) is 17.1 Å². The highest BCUT2D eigenvalue weighted by molar-refractivity contribution is 6.36. The molecule has 22 heavy (non-hydrogen) atoms. The molecule has 4 N–H and O–H groups in total. The van der Waals surface area contributed by atoms with Gasteiger partial charge in [0.1, 0.15) is 11.6 Å². The topological polar surface area (TPSA) is 84.1 Å². The average molecular weight is 315 g/mol. The van der Waals surface area contributed by atoms with Gasteiger partial charge in [0.2, 0.25) is 0 Å². The number of hydrogen-bond acceptors (Lipinski definition) is 5. The number of aromatic hydroxyl groups is 1. The van der Waals surface area contributed by atoms with E-state index in [1.807, 2.05) is 18.2 Å². The summed E-state index contributed by atoms with van der Waals surface area (Å²) in [5.41, 5.74) is 6.83. The summed E-state index contributed by atoms with van der Waals surface area (Å²) in [5, 5.41) is 14.5. The number of nitrogens with one attached hydrogen (secondary N) is 1. The number of phenolic OH excluding ortho intramolecular Hbond substituents is 1. The molecule has 2 aromatic carbocycles. The molecule has 0 atom stereocenters. The summed E-state index contributed by atoms with van der Waals surface area (Å²) in [4.78, 5) is 9.02. The molecule has 0 saturated heterocycles. The largest absolute Gasteiger partial charge is 0.507 e. The van der Waals surface area contributed by atoms with Crippen LogP contribution >= 0.6 is 11.6 Å². The van der Waals surface area contributed by atoms with Crippen molar-refractivity contribution in [2.45, 2.75) is 0 Å². The molecule has 0 fully saturated rings. The lowest BCUT2D eigenvalue weighted by molar-refractivity contribution is 0.477. The fraction of sp³-hybridized carbons (Fsp3) is 0.125. The Morgan fingerprint density at radius 3 is 2.68 bits per heavy atom. The smallest absolute Gasteiger partial charge is 0.165 e. The maximum absolute atomic E-state index is 10.0. The molecule has 0 bridgehead atoms. The lowest BCUT2D eigenvalue weighted by atomic mass is 10.1. The second-order valence-corrected chi connectivity index (χ2v) is 5.17. The van der Waals surface area contributed by atoms with Gasteiger partial charge in [0, 0.05) is 13.1 Å². The zero-order chi connectivity index (χ0) is 15.5. The van der Waals surface area contributed by atoms with Gasteiger partial charge in [0.25, 0.3) is 0 Å². The first-order chi connectivity index (χ1) is 10.7. The van der Waals surface area contributed by atoms with Gasteiger partial charge in [-0.05, 0) is 24.3 Å². The number of rotatable bonds is 4. The van der Waals surface area contributed by atoms with E-state index in [-0.39, 0.29) is 5.75 Å². The zero-order valence-electron chi connectivity index (χ0n) is 11.8. The molecule has 6 heteroatoms. The maximum atomic E-state index is 10.0. The summed E-state index contributed by atoms with van der Waals surface area (Å²) in [6.45, 7) is 1.04. The number of halogens is 1. The second kappa shape index (κ2) is 6.17. The van der Waals surface area contributed by atoms with Gasteiger partial charge in [-0.25, -0.2) is 9.97 Å². The second-order valence-electron chi connectivity index (χ2n) is 4.76. The summed E-state index contributed by atoms with van der Waals surface area (Å²) in [7, 11) is 0. The molecular formula is C16H15ClN4O. The van der Waals surface area contributed by atoms with E-state index < -0.39 is 0 Å². The third-order valence-corrected chi connectivity index (χ3v) is 3.57. The van der Waals surface area contributed by atoms with Crippen LogP contribution in [0.4, 0.5) is 5.82 Å². The Hall–Kier alpha value is -2.37. The number of benzene rings is 2. The highest BCUT2D eigenvalue weighted by Crippen LogP contribution is 2.32. The van der Waals surface area contributed by atoms with Gasteiger partial charge in [0.05, 0.1) is 21.5 Å². The highest BCUT2D eigenvalue weighted by Gasteiger charge is 2.13. The van der Waals surface area contributed by atoms with Crippen molar-refractivity contribution in [2.75, 3.05) is 18.4 Å². The molecule has 0 aliphatic heterocycles. The van der Waals surface area contributed by atoms with E-state index in [1.54, 1.807) is 24.3 Å². The molecule has 0 amide bonds. The molecule has 1 aromatic heterocycles. The van der Waals surface area contributed by atoms with Crippen LogP contribution in [0.3, 0.4) is 0 Å². The van der Waals surface area contributed by atoms with Crippen molar-refractivity contribution < 1.29 is 5.11 Å². The third kappa shape index (κ3) is 2.68. The quantitative estimate of drug-likeness (QED) is 0.689. The molecule has 1 heterocycles. The van der Waals surface area contributed by atoms with Crippen molar-refractivity contribution >= 4 is 28.3 Å². The van der Waals surface area contributed by atoms with Crippen molar-refractivity contribution in [2.24, 2.45) is 5.73 Å². The zero-order valence-corrected chi connectivity index (χ0v) is 12.5. The van der Waals surface area contributed by atoms with E-state index in [1.165, 1.54) is 0 Å². The third-order valence-electron chi connectivity index (χ3n) is 3.25. The molecule has 0 aliphatic rings. The van der Waals surface area contributed by atoms with E-state index in [9.17, 15) is 5.11 Å². The van der Waals surface area contributed by atoms with Crippen LogP contribution in [0.25, 0.3) is 22.3 Å². The van der Waals surface area contributed by atoms with Crippen LogP contribution in [0.15, 0.2) is 42.5 Å². The monoisotopic (exact) mass is 314 g/mol. The van der Waals surface area contributed by atoms with Crippen LogP contribution < -0.4 is 11.1 Å². The molecule has 0 unspecified atom stereocenters. The minimum Gasteiger partial charge on any atom is -0.507 e. The molecule has 3 rings (SSSR count). The summed E-state index contributed by atoms with van der Waals surface area (Å²) in [6, 6.07) is 12.4. The number of hydrogen-bond donors (Lipinski definition) is 3. The molecular weight excluding hydrogens is 300 g/mol. The minimum atomic E-state index is 0.133. The van der Waals surface area contributed by atoms with E-state index in [2.05, 4.69) is 15.3 Å². The van der Waals surface area contributed by atoms with Crippen LogP contribution in [0.1, 0.15) is 0 Å². The van der Waals surface area contributed by atoms with Gasteiger partial charge >= 0.3 is 0 Å². The first kappa shape index (κ1) is 14.6. The fourth-order valence-electron chi connectivity index (χ4n) is 2.24. The van der Waals surface area contributed by atoms with Gasteiger partial charge in [-0.3, -0.25) is 0 Å². The number of phenols is 1. The Kier molecular flexibility index (Phi) is 4.09. The van der Waals surface area contributed by atoms with Gasteiger partial charge < -0.3 is 16.2 Å². The van der Waals surface area contributed by atoms with Crippen molar-refractivity contribution in [1.29, 1.82) is 0 Å². The molecule has 3 aromatic rings. The van der Waals surface area contributed by atoms with Crippen LogP contribution in [0, 0.1) is 0 Å². The Labute approximate surface area is 132 Å². The molecule has 0 radical (unpaired) electrons. The number of aromatic nitrogens is 2. The Morgan fingerprint density at radius 1 is 1.09 bits per heavy atom. The van der Waals surface area contributed by atoms with E-state index in [4.69, 9.17) is 17.3 Å². The Balaban J connectivity index is 2.23. The highest BCUT2D eigenvalue weighted by atomic mass is 35.5.